The van der Waals surface area contributed by atoms with Crippen molar-refractivity contribution in [2.24, 2.45) is 0 Å². The quantitative estimate of drug-likeness (QED) is 0.705. The number of aliphatic carboxylic acids is 1. The van der Waals surface area contributed by atoms with Gasteiger partial charge in [-0.25, -0.2) is 9.59 Å². The SMILES string of the molecule is CCC(NC(=O)NCc1cnc(C)cn1)C(=O)O. The summed E-state index contributed by atoms with van der Waals surface area (Å²) in [6.45, 7) is 3.70. The van der Waals surface area contributed by atoms with Gasteiger partial charge in [0.05, 0.1) is 24.1 Å². The molecule has 0 radical (unpaired) electrons. The summed E-state index contributed by atoms with van der Waals surface area (Å²) in [6, 6.07) is -1.42. The summed E-state index contributed by atoms with van der Waals surface area (Å²) in [5, 5.41) is 13.6. The number of carboxylic acid groups (broad SMARTS) is 1. The van der Waals surface area contributed by atoms with E-state index < -0.39 is 18.0 Å². The standard InChI is InChI=1S/C11H16N4O3/c1-3-9(10(16)17)15-11(18)14-6-8-5-12-7(2)4-13-8/h4-5,9H,3,6H2,1-2H3,(H,16,17)(H2,14,15,18). The van der Waals surface area contributed by atoms with Gasteiger partial charge in [-0.15, -0.1) is 0 Å². The molecule has 0 bridgehead atoms. The van der Waals surface area contributed by atoms with Crippen molar-refractivity contribution >= 4 is 12.0 Å². The Balaban J connectivity index is 2.41. The first-order chi connectivity index (χ1) is 8.52. The van der Waals surface area contributed by atoms with Crippen LogP contribution in [-0.2, 0) is 11.3 Å². The van der Waals surface area contributed by atoms with Crippen LogP contribution < -0.4 is 10.6 Å². The fraction of sp³-hybridized carbons (Fsp3) is 0.455. The molecule has 0 fully saturated rings. The molecule has 7 heteroatoms. The van der Waals surface area contributed by atoms with Gasteiger partial charge in [0.15, 0.2) is 0 Å². The van der Waals surface area contributed by atoms with E-state index in [4.69, 9.17) is 5.11 Å². The van der Waals surface area contributed by atoms with E-state index in [2.05, 4.69) is 20.6 Å². The Labute approximate surface area is 105 Å². The maximum atomic E-state index is 11.4. The van der Waals surface area contributed by atoms with Crippen LogP contribution in [0.1, 0.15) is 24.7 Å². The maximum Gasteiger partial charge on any atom is 0.326 e. The predicted octanol–water partition coefficient (Wildman–Crippen LogP) is 0.447. The number of hydrogen-bond acceptors (Lipinski definition) is 4. The summed E-state index contributed by atoms with van der Waals surface area (Å²) >= 11 is 0. The van der Waals surface area contributed by atoms with Crippen molar-refractivity contribution in [3.63, 3.8) is 0 Å². The average Bonchev–Trinajstić information content (AvgIpc) is 2.35. The van der Waals surface area contributed by atoms with Crippen LogP contribution in [-0.4, -0.2) is 33.1 Å². The third kappa shape index (κ3) is 4.36. The number of aromatic nitrogens is 2. The molecule has 98 valence electrons. The Morgan fingerprint density at radius 1 is 1.39 bits per heavy atom. The Morgan fingerprint density at radius 3 is 2.61 bits per heavy atom. The molecule has 0 saturated heterocycles. The van der Waals surface area contributed by atoms with E-state index in [0.29, 0.717) is 12.1 Å². The van der Waals surface area contributed by atoms with Gasteiger partial charge < -0.3 is 15.7 Å². The van der Waals surface area contributed by atoms with Gasteiger partial charge in [-0.2, -0.15) is 0 Å². The number of nitrogens with zero attached hydrogens (tertiary/aromatic N) is 2. The highest BCUT2D eigenvalue weighted by molar-refractivity contribution is 5.82. The summed E-state index contributed by atoms with van der Waals surface area (Å²) in [6.07, 6.45) is 3.48. The Morgan fingerprint density at radius 2 is 2.11 bits per heavy atom. The van der Waals surface area contributed by atoms with Crippen molar-refractivity contribution < 1.29 is 14.7 Å². The van der Waals surface area contributed by atoms with Crippen molar-refractivity contribution in [2.45, 2.75) is 32.9 Å². The predicted molar refractivity (Wildman–Crippen MR) is 63.9 cm³/mol. The minimum Gasteiger partial charge on any atom is -0.480 e. The van der Waals surface area contributed by atoms with E-state index in [9.17, 15) is 9.59 Å². The number of carbonyl (C=O) groups excluding carboxylic acids is 1. The summed E-state index contributed by atoms with van der Waals surface area (Å²) in [4.78, 5) is 30.2. The first-order valence-electron chi connectivity index (χ1n) is 5.57. The Kier molecular flexibility index (Phi) is 5.04. The third-order valence-corrected chi connectivity index (χ3v) is 2.28. The van der Waals surface area contributed by atoms with Crippen LogP contribution in [0.3, 0.4) is 0 Å². The van der Waals surface area contributed by atoms with Crippen molar-refractivity contribution in [3.05, 3.63) is 23.8 Å². The van der Waals surface area contributed by atoms with E-state index >= 15 is 0 Å². The third-order valence-electron chi connectivity index (χ3n) is 2.28. The Bertz CT molecular complexity index is 419. The minimum absolute atomic E-state index is 0.204. The van der Waals surface area contributed by atoms with E-state index in [-0.39, 0.29) is 6.54 Å². The molecule has 1 aromatic heterocycles. The fourth-order valence-electron chi connectivity index (χ4n) is 1.23. The zero-order chi connectivity index (χ0) is 13.5. The average molecular weight is 252 g/mol. The second-order valence-corrected chi connectivity index (χ2v) is 3.78. The number of carboxylic acids is 1. The molecule has 0 aliphatic carbocycles. The lowest BCUT2D eigenvalue weighted by molar-refractivity contribution is -0.139. The molecule has 18 heavy (non-hydrogen) atoms. The van der Waals surface area contributed by atoms with Crippen LogP contribution in [0.5, 0.6) is 0 Å². The molecule has 0 aliphatic rings. The van der Waals surface area contributed by atoms with Crippen molar-refractivity contribution in [2.75, 3.05) is 0 Å². The van der Waals surface area contributed by atoms with E-state index in [1.807, 2.05) is 6.92 Å². The van der Waals surface area contributed by atoms with Crippen LogP contribution in [0, 0.1) is 6.92 Å². The van der Waals surface area contributed by atoms with Gasteiger partial charge in [-0.1, -0.05) is 6.92 Å². The zero-order valence-corrected chi connectivity index (χ0v) is 10.3. The molecule has 3 N–H and O–H groups in total. The van der Waals surface area contributed by atoms with Gasteiger partial charge in [0.1, 0.15) is 6.04 Å². The lowest BCUT2D eigenvalue weighted by Crippen LogP contribution is -2.45. The molecule has 0 aromatic carbocycles. The minimum atomic E-state index is -1.05. The second kappa shape index (κ2) is 6.53. The number of carbonyl (C=O) groups is 2. The van der Waals surface area contributed by atoms with Crippen LogP contribution in [0.25, 0.3) is 0 Å². The number of amides is 2. The summed E-state index contributed by atoms with van der Waals surface area (Å²) in [5.74, 6) is -1.05. The van der Waals surface area contributed by atoms with Gasteiger partial charge in [0.25, 0.3) is 0 Å². The molecule has 1 atom stereocenters. The lowest BCUT2D eigenvalue weighted by Gasteiger charge is -2.12. The number of urea groups is 1. The maximum absolute atomic E-state index is 11.4. The van der Waals surface area contributed by atoms with Crippen molar-refractivity contribution in [1.29, 1.82) is 0 Å². The van der Waals surface area contributed by atoms with Crippen molar-refractivity contribution in [3.8, 4) is 0 Å². The van der Waals surface area contributed by atoms with Crippen LogP contribution in [0.2, 0.25) is 0 Å². The summed E-state index contributed by atoms with van der Waals surface area (Å²) < 4.78 is 0. The molecule has 0 saturated carbocycles. The van der Waals surface area contributed by atoms with Crippen molar-refractivity contribution in [1.82, 2.24) is 20.6 Å². The second-order valence-electron chi connectivity index (χ2n) is 3.78. The molecule has 0 aliphatic heterocycles. The first kappa shape index (κ1) is 13.9. The summed E-state index contributed by atoms with van der Waals surface area (Å²) in [7, 11) is 0. The van der Waals surface area contributed by atoms with Gasteiger partial charge in [-0.3, -0.25) is 9.97 Å². The van der Waals surface area contributed by atoms with Gasteiger partial charge in [0.2, 0.25) is 0 Å². The van der Waals surface area contributed by atoms with Crippen LogP contribution >= 0.6 is 0 Å². The molecule has 2 amide bonds. The lowest BCUT2D eigenvalue weighted by atomic mass is 10.2. The van der Waals surface area contributed by atoms with E-state index in [1.165, 1.54) is 0 Å². The summed E-state index contributed by atoms with van der Waals surface area (Å²) in [5.41, 5.74) is 1.40. The molecule has 7 nitrogen and oxygen atoms in total. The molecule has 0 spiro atoms. The molecule has 1 aromatic rings. The largest absolute Gasteiger partial charge is 0.480 e. The first-order valence-corrected chi connectivity index (χ1v) is 5.57. The smallest absolute Gasteiger partial charge is 0.326 e. The highest BCUT2D eigenvalue weighted by atomic mass is 16.4. The molecule has 1 rings (SSSR count). The molecule has 1 unspecified atom stereocenters. The number of aryl methyl sites for hydroxylation is 1. The van der Waals surface area contributed by atoms with Gasteiger partial charge >= 0.3 is 12.0 Å². The highest BCUT2D eigenvalue weighted by Gasteiger charge is 2.16. The molecular formula is C11H16N4O3. The number of rotatable bonds is 5. The van der Waals surface area contributed by atoms with Crippen LogP contribution in [0.4, 0.5) is 4.79 Å². The van der Waals surface area contributed by atoms with Gasteiger partial charge in [0, 0.05) is 6.20 Å². The van der Waals surface area contributed by atoms with Gasteiger partial charge in [-0.05, 0) is 13.3 Å². The van der Waals surface area contributed by atoms with Crippen LogP contribution in [0.15, 0.2) is 12.4 Å². The normalized spacial score (nSPS) is 11.7. The number of nitrogens with one attached hydrogen (secondary N) is 2. The zero-order valence-electron chi connectivity index (χ0n) is 10.3. The highest BCUT2D eigenvalue weighted by Crippen LogP contribution is 1.94. The monoisotopic (exact) mass is 252 g/mol. The van der Waals surface area contributed by atoms with E-state index in [1.54, 1.807) is 19.3 Å². The van der Waals surface area contributed by atoms with E-state index in [0.717, 1.165) is 5.69 Å². The Hall–Kier alpha value is -2.18. The molecular weight excluding hydrogens is 236 g/mol. The topological polar surface area (TPSA) is 104 Å². The fourth-order valence-corrected chi connectivity index (χ4v) is 1.23. The number of hydrogen-bond donors (Lipinski definition) is 3. The molecule has 1 heterocycles.